The zero-order chi connectivity index (χ0) is 7.68. The fourth-order valence-corrected chi connectivity index (χ4v) is 1.52. The van der Waals surface area contributed by atoms with Gasteiger partial charge in [-0.05, 0) is 30.9 Å². The maximum Gasteiger partial charge on any atom is 0.331 e. The highest BCUT2D eigenvalue weighted by molar-refractivity contribution is 5.84. The number of esters is 1. The Morgan fingerprint density at radius 1 is 1.55 bits per heavy atom. The minimum absolute atomic E-state index is 0.0370. The van der Waals surface area contributed by atoms with Gasteiger partial charge in [0.25, 0.3) is 0 Å². The van der Waals surface area contributed by atoms with Gasteiger partial charge in [-0.25, -0.2) is 4.79 Å². The summed E-state index contributed by atoms with van der Waals surface area (Å²) in [6.07, 6.45) is 8.90. The van der Waals surface area contributed by atoms with Crippen LogP contribution in [0, 0.1) is 0 Å². The Morgan fingerprint density at radius 2 is 2.45 bits per heavy atom. The van der Waals surface area contributed by atoms with Crippen LogP contribution in [0.5, 0.6) is 0 Å². The van der Waals surface area contributed by atoms with Gasteiger partial charge in [0, 0.05) is 6.08 Å². The summed E-state index contributed by atoms with van der Waals surface area (Å²) >= 11 is 0. The molecule has 0 aromatic heterocycles. The summed E-state index contributed by atoms with van der Waals surface area (Å²) < 4.78 is 5.03. The molecule has 2 rings (SSSR count). The van der Waals surface area contributed by atoms with E-state index in [1.807, 2.05) is 6.08 Å². The third kappa shape index (κ3) is 1.20. The van der Waals surface area contributed by atoms with Crippen molar-refractivity contribution in [3.63, 3.8) is 0 Å². The van der Waals surface area contributed by atoms with Crippen molar-refractivity contribution in [2.24, 2.45) is 0 Å². The molecule has 58 valence electrons. The highest BCUT2D eigenvalue weighted by Gasteiger charge is 2.21. The van der Waals surface area contributed by atoms with E-state index < -0.39 is 0 Å². The van der Waals surface area contributed by atoms with E-state index in [4.69, 9.17) is 4.74 Å². The molecule has 0 amide bonds. The average molecular weight is 150 g/mol. The molecule has 0 saturated heterocycles. The first-order valence-corrected chi connectivity index (χ1v) is 3.94. The molecule has 2 heteroatoms. The van der Waals surface area contributed by atoms with Crippen molar-refractivity contribution >= 4 is 5.97 Å². The first-order valence-electron chi connectivity index (χ1n) is 3.94. The van der Waals surface area contributed by atoms with Crippen molar-refractivity contribution in [3.8, 4) is 0 Å². The standard InChI is InChI=1S/C9H10O2/c10-9-6-5-8(11-9)7-3-1-2-4-7/h3,5-6,8H,1-2,4H2. The quantitative estimate of drug-likeness (QED) is 0.419. The largest absolute Gasteiger partial charge is 0.450 e. The normalized spacial score (nSPS) is 28.9. The first-order chi connectivity index (χ1) is 5.36. The van der Waals surface area contributed by atoms with Crippen LogP contribution in [0.2, 0.25) is 0 Å². The maximum atomic E-state index is 10.7. The summed E-state index contributed by atoms with van der Waals surface area (Å²) in [7, 11) is 0. The lowest BCUT2D eigenvalue weighted by atomic mass is 10.1. The smallest absolute Gasteiger partial charge is 0.331 e. The van der Waals surface area contributed by atoms with Crippen molar-refractivity contribution in [1.82, 2.24) is 0 Å². The molecule has 0 N–H and O–H groups in total. The van der Waals surface area contributed by atoms with Gasteiger partial charge in [-0.1, -0.05) is 6.08 Å². The van der Waals surface area contributed by atoms with E-state index in [-0.39, 0.29) is 12.1 Å². The second kappa shape index (κ2) is 2.53. The number of hydrogen-bond acceptors (Lipinski definition) is 2. The van der Waals surface area contributed by atoms with Crippen LogP contribution < -0.4 is 0 Å². The lowest BCUT2D eigenvalue weighted by Gasteiger charge is -2.08. The Bertz CT molecular complexity index is 238. The van der Waals surface area contributed by atoms with E-state index in [0.717, 1.165) is 12.8 Å². The van der Waals surface area contributed by atoms with Gasteiger partial charge in [-0.15, -0.1) is 0 Å². The van der Waals surface area contributed by atoms with Crippen LogP contribution in [0.15, 0.2) is 23.8 Å². The van der Waals surface area contributed by atoms with Crippen LogP contribution in [0.25, 0.3) is 0 Å². The number of cyclic esters (lactones) is 1. The number of carbonyl (C=O) groups excluding carboxylic acids is 1. The molecule has 1 atom stereocenters. The Morgan fingerprint density at radius 3 is 3.00 bits per heavy atom. The number of hydrogen-bond donors (Lipinski definition) is 0. The summed E-state index contributed by atoms with van der Waals surface area (Å²) in [6, 6.07) is 0. The molecule has 0 aromatic rings. The van der Waals surface area contributed by atoms with Gasteiger partial charge in [0.05, 0.1) is 0 Å². The van der Waals surface area contributed by atoms with E-state index in [2.05, 4.69) is 6.08 Å². The van der Waals surface area contributed by atoms with Gasteiger partial charge >= 0.3 is 5.97 Å². The van der Waals surface area contributed by atoms with E-state index in [1.165, 1.54) is 18.1 Å². The van der Waals surface area contributed by atoms with Crippen molar-refractivity contribution in [2.45, 2.75) is 25.4 Å². The fraction of sp³-hybridized carbons (Fsp3) is 0.444. The van der Waals surface area contributed by atoms with Crippen LogP contribution in [0.4, 0.5) is 0 Å². The predicted octanol–water partition coefficient (Wildman–Crippen LogP) is 1.58. The third-order valence-electron chi connectivity index (χ3n) is 2.09. The number of allylic oxidation sites excluding steroid dienone is 1. The molecule has 2 nitrogen and oxygen atoms in total. The molecule has 0 saturated carbocycles. The van der Waals surface area contributed by atoms with Crippen LogP contribution in [-0.4, -0.2) is 12.1 Å². The molecular formula is C9H10O2. The van der Waals surface area contributed by atoms with E-state index >= 15 is 0 Å². The zero-order valence-electron chi connectivity index (χ0n) is 6.25. The van der Waals surface area contributed by atoms with Crippen LogP contribution in [-0.2, 0) is 9.53 Å². The molecule has 2 aliphatic rings. The molecule has 0 radical (unpaired) electrons. The van der Waals surface area contributed by atoms with Crippen molar-refractivity contribution in [2.75, 3.05) is 0 Å². The summed E-state index contributed by atoms with van der Waals surface area (Å²) in [5.41, 5.74) is 1.27. The highest BCUT2D eigenvalue weighted by Crippen LogP contribution is 2.25. The minimum atomic E-state index is -0.206. The lowest BCUT2D eigenvalue weighted by Crippen LogP contribution is -2.09. The Kier molecular flexibility index (Phi) is 1.53. The SMILES string of the molecule is O=C1C=CC(C2=CCCC2)O1. The van der Waals surface area contributed by atoms with Gasteiger partial charge in [0.15, 0.2) is 0 Å². The molecule has 0 spiro atoms. The van der Waals surface area contributed by atoms with Crippen LogP contribution >= 0.6 is 0 Å². The van der Waals surface area contributed by atoms with E-state index in [0.29, 0.717) is 0 Å². The molecule has 1 aliphatic carbocycles. The zero-order valence-corrected chi connectivity index (χ0v) is 6.25. The topological polar surface area (TPSA) is 26.3 Å². The van der Waals surface area contributed by atoms with Gasteiger partial charge in [-0.3, -0.25) is 0 Å². The van der Waals surface area contributed by atoms with Crippen molar-refractivity contribution in [3.05, 3.63) is 23.8 Å². The van der Waals surface area contributed by atoms with Gasteiger partial charge < -0.3 is 4.74 Å². The first kappa shape index (κ1) is 6.65. The molecule has 11 heavy (non-hydrogen) atoms. The summed E-state index contributed by atoms with van der Waals surface area (Å²) in [6.45, 7) is 0. The monoisotopic (exact) mass is 150 g/mol. The molecular weight excluding hydrogens is 140 g/mol. The molecule has 0 fully saturated rings. The number of ether oxygens (including phenoxy) is 1. The van der Waals surface area contributed by atoms with Crippen LogP contribution in [0.1, 0.15) is 19.3 Å². The second-order valence-corrected chi connectivity index (χ2v) is 2.89. The van der Waals surface area contributed by atoms with Gasteiger partial charge in [0.2, 0.25) is 0 Å². The predicted molar refractivity (Wildman–Crippen MR) is 41.0 cm³/mol. The Labute approximate surface area is 65.5 Å². The molecule has 0 aromatic carbocycles. The fourth-order valence-electron chi connectivity index (χ4n) is 1.52. The van der Waals surface area contributed by atoms with E-state index in [1.54, 1.807) is 0 Å². The van der Waals surface area contributed by atoms with Gasteiger partial charge in [-0.2, -0.15) is 0 Å². The molecule has 0 bridgehead atoms. The third-order valence-corrected chi connectivity index (χ3v) is 2.09. The molecule has 1 aliphatic heterocycles. The molecule has 1 unspecified atom stereocenters. The van der Waals surface area contributed by atoms with E-state index in [9.17, 15) is 4.79 Å². The number of carbonyl (C=O) groups is 1. The highest BCUT2D eigenvalue weighted by atomic mass is 16.5. The Balaban J connectivity index is 2.07. The second-order valence-electron chi connectivity index (χ2n) is 2.89. The number of rotatable bonds is 1. The summed E-state index contributed by atoms with van der Waals surface area (Å²) in [4.78, 5) is 10.7. The average Bonchev–Trinajstić information content (AvgIpc) is 2.55. The van der Waals surface area contributed by atoms with Crippen molar-refractivity contribution in [1.29, 1.82) is 0 Å². The maximum absolute atomic E-state index is 10.7. The summed E-state index contributed by atoms with van der Waals surface area (Å²) in [5, 5.41) is 0. The van der Waals surface area contributed by atoms with Crippen LogP contribution in [0.3, 0.4) is 0 Å². The lowest BCUT2D eigenvalue weighted by molar-refractivity contribution is -0.137. The minimum Gasteiger partial charge on any atom is -0.450 e. The van der Waals surface area contributed by atoms with Gasteiger partial charge in [0.1, 0.15) is 6.10 Å². The van der Waals surface area contributed by atoms with Crippen molar-refractivity contribution < 1.29 is 9.53 Å². The summed E-state index contributed by atoms with van der Waals surface area (Å²) in [5.74, 6) is -0.206. The molecule has 1 heterocycles. The Hall–Kier alpha value is -1.05.